The van der Waals surface area contributed by atoms with Gasteiger partial charge in [-0.05, 0) is 36.2 Å². The van der Waals surface area contributed by atoms with Gasteiger partial charge in [-0.3, -0.25) is 4.57 Å². The van der Waals surface area contributed by atoms with Gasteiger partial charge < -0.3 is 14.8 Å². The lowest BCUT2D eigenvalue weighted by Crippen LogP contribution is -2.24. The summed E-state index contributed by atoms with van der Waals surface area (Å²) < 4.78 is 28.0. The minimum Gasteiger partial charge on any atom is -0.497 e. The number of para-hydroxylation sites is 1. The third-order valence-electron chi connectivity index (χ3n) is 6.14. The summed E-state index contributed by atoms with van der Waals surface area (Å²) in [5, 5.41) is 3.15. The van der Waals surface area contributed by atoms with E-state index in [0.717, 1.165) is 5.56 Å². The molecule has 3 aromatic carbocycles. The number of methoxy groups -OCH3 is 2. The van der Waals surface area contributed by atoms with E-state index in [1.807, 2.05) is 42.5 Å². The third-order valence-corrected chi connectivity index (χ3v) is 6.14. The van der Waals surface area contributed by atoms with Gasteiger partial charge >= 0.3 is 5.69 Å². The lowest BCUT2D eigenvalue weighted by Gasteiger charge is -2.09. The van der Waals surface area contributed by atoms with Gasteiger partial charge in [0.2, 0.25) is 5.95 Å². The molecule has 0 bridgehead atoms. The molecule has 8 nitrogen and oxygen atoms in total. The van der Waals surface area contributed by atoms with E-state index in [0.29, 0.717) is 52.8 Å². The Morgan fingerprint density at radius 1 is 0.946 bits per heavy atom. The Kier molecular flexibility index (Phi) is 6.85. The van der Waals surface area contributed by atoms with Crippen LogP contribution in [0.5, 0.6) is 11.5 Å². The molecule has 2 aromatic heterocycles. The van der Waals surface area contributed by atoms with Crippen LogP contribution < -0.4 is 20.5 Å². The number of hydrogen-bond acceptors (Lipinski definition) is 6. The molecular weight excluding hydrogens is 473 g/mol. The first kappa shape index (κ1) is 24.1. The van der Waals surface area contributed by atoms with E-state index >= 15 is 0 Å². The van der Waals surface area contributed by atoms with Crippen molar-refractivity contribution in [2.24, 2.45) is 0 Å². The molecule has 0 aliphatic rings. The average molecular weight is 500 g/mol. The smallest absolute Gasteiger partial charge is 0.335 e. The van der Waals surface area contributed by atoms with Gasteiger partial charge in [0.25, 0.3) is 0 Å². The molecular formula is C28H26FN5O3. The van der Waals surface area contributed by atoms with Crippen molar-refractivity contribution in [1.82, 2.24) is 19.1 Å². The molecule has 0 aliphatic heterocycles. The van der Waals surface area contributed by atoms with Gasteiger partial charge in [0.1, 0.15) is 22.8 Å². The van der Waals surface area contributed by atoms with E-state index in [4.69, 9.17) is 9.47 Å². The number of hydrogen-bond donors (Lipinski definition) is 1. The summed E-state index contributed by atoms with van der Waals surface area (Å²) >= 11 is 0. The van der Waals surface area contributed by atoms with Gasteiger partial charge in [-0.15, -0.1) is 0 Å². The van der Waals surface area contributed by atoms with Crippen molar-refractivity contribution in [2.75, 3.05) is 26.1 Å². The largest absolute Gasteiger partial charge is 0.497 e. The van der Waals surface area contributed by atoms with Crippen molar-refractivity contribution in [3.05, 3.63) is 106 Å². The second-order valence-corrected chi connectivity index (χ2v) is 8.39. The highest BCUT2D eigenvalue weighted by Crippen LogP contribution is 2.23. The topological polar surface area (TPSA) is 83.2 Å². The molecule has 37 heavy (non-hydrogen) atoms. The third kappa shape index (κ3) is 4.88. The molecule has 5 aromatic rings. The van der Waals surface area contributed by atoms with E-state index in [9.17, 15) is 9.18 Å². The number of halogens is 1. The first-order chi connectivity index (χ1) is 18.1. The summed E-state index contributed by atoms with van der Waals surface area (Å²) in [7, 11) is 3.18. The van der Waals surface area contributed by atoms with Gasteiger partial charge in [-0.25, -0.2) is 18.7 Å². The minimum atomic E-state index is -0.271. The Bertz CT molecular complexity index is 1610. The van der Waals surface area contributed by atoms with Crippen LogP contribution in [0, 0.1) is 5.82 Å². The molecule has 0 fully saturated rings. The van der Waals surface area contributed by atoms with Gasteiger partial charge in [-0.1, -0.05) is 42.5 Å². The van der Waals surface area contributed by atoms with Crippen LogP contribution >= 0.6 is 0 Å². The molecule has 9 heteroatoms. The number of nitrogens with zero attached hydrogens (tertiary/aromatic N) is 4. The Hall–Kier alpha value is -4.66. The molecule has 0 unspecified atom stereocenters. The van der Waals surface area contributed by atoms with Crippen LogP contribution in [0.4, 0.5) is 10.3 Å². The highest BCUT2D eigenvalue weighted by atomic mass is 19.1. The number of benzene rings is 3. The van der Waals surface area contributed by atoms with Crippen molar-refractivity contribution in [3.63, 3.8) is 0 Å². The summed E-state index contributed by atoms with van der Waals surface area (Å²) in [5.74, 6) is 1.40. The molecule has 0 radical (unpaired) electrons. The van der Waals surface area contributed by atoms with Crippen molar-refractivity contribution in [1.29, 1.82) is 0 Å². The Labute approximate surface area is 213 Å². The number of imidazole rings is 1. The number of ether oxygens (including phenoxy) is 2. The molecule has 0 spiro atoms. The van der Waals surface area contributed by atoms with E-state index < -0.39 is 0 Å². The summed E-state index contributed by atoms with van der Waals surface area (Å²) in [6.07, 6.45) is 2.09. The van der Waals surface area contributed by atoms with Gasteiger partial charge in [0.15, 0.2) is 5.65 Å². The van der Waals surface area contributed by atoms with Crippen LogP contribution in [-0.4, -0.2) is 39.9 Å². The summed E-state index contributed by atoms with van der Waals surface area (Å²) in [6.45, 7) is 0.706. The monoisotopic (exact) mass is 499 g/mol. The second kappa shape index (κ2) is 10.5. The van der Waals surface area contributed by atoms with Crippen molar-refractivity contribution in [2.45, 2.75) is 13.0 Å². The Morgan fingerprint density at radius 3 is 2.51 bits per heavy atom. The van der Waals surface area contributed by atoms with Crippen LogP contribution in [0.3, 0.4) is 0 Å². The average Bonchev–Trinajstić information content (AvgIpc) is 3.20. The summed E-state index contributed by atoms with van der Waals surface area (Å²) in [5.41, 5.74) is 2.81. The van der Waals surface area contributed by atoms with E-state index in [1.165, 1.54) is 10.6 Å². The highest BCUT2D eigenvalue weighted by Gasteiger charge is 2.19. The SMILES string of the molecule is COc1cccc(-n2c(=O)n(Cc3ccccc3OC)c3cnc(NCCc4ccccc4F)nc32)c1. The number of aromatic nitrogens is 4. The fourth-order valence-electron chi connectivity index (χ4n) is 4.27. The fraction of sp³-hybridized carbons (Fsp3) is 0.179. The van der Waals surface area contributed by atoms with Gasteiger partial charge in [0, 0.05) is 18.2 Å². The highest BCUT2D eigenvalue weighted by molar-refractivity contribution is 5.74. The van der Waals surface area contributed by atoms with Crippen LogP contribution in [0.1, 0.15) is 11.1 Å². The van der Waals surface area contributed by atoms with Crippen molar-refractivity contribution >= 4 is 17.1 Å². The number of anilines is 1. The summed E-state index contributed by atoms with van der Waals surface area (Å²) in [4.78, 5) is 22.9. The normalized spacial score (nSPS) is 11.0. The molecule has 2 heterocycles. The second-order valence-electron chi connectivity index (χ2n) is 8.39. The maximum atomic E-state index is 14.0. The maximum absolute atomic E-state index is 14.0. The quantitative estimate of drug-likeness (QED) is 0.323. The zero-order valence-corrected chi connectivity index (χ0v) is 20.5. The van der Waals surface area contributed by atoms with Crippen molar-refractivity contribution in [3.8, 4) is 17.2 Å². The van der Waals surface area contributed by atoms with Crippen LogP contribution in [0.2, 0.25) is 0 Å². The molecule has 0 amide bonds. The van der Waals surface area contributed by atoms with E-state index in [1.54, 1.807) is 49.2 Å². The number of rotatable bonds is 9. The zero-order valence-electron chi connectivity index (χ0n) is 20.5. The lowest BCUT2D eigenvalue weighted by atomic mass is 10.1. The van der Waals surface area contributed by atoms with Gasteiger partial charge in [0.05, 0.1) is 32.6 Å². The minimum absolute atomic E-state index is 0.249. The molecule has 188 valence electrons. The number of fused-ring (bicyclic) bond motifs is 1. The fourth-order valence-corrected chi connectivity index (χ4v) is 4.27. The Morgan fingerprint density at radius 2 is 1.73 bits per heavy atom. The molecule has 5 rings (SSSR count). The molecule has 0 saturated carbocycles. The van der Waals surface area contributed by atoms with E-state index in [2.05, 4.69) is 15.3 Å². The lowest BCUT2D eigenvalue weighted by molar-refractivity contribution is 0.408. The molecule has 0 aliphatic carbocycles. The van der Waals surface area contributed by atoms with Crippen molar-refractivity contribution < 1.29 is 13.9 Å². The van der Waals surface area contributed by atoms with Crippen LogP contribution in [-0.2, 0) is 13.0 Å². The van der Waals surface area contributed by atoms with E-state index in [-0.39, 0.29) is 18.1 Å². The summed E-state index contributed by atoms with van der Waals surface area (Å²) in [6, 6.07) is 21.4. The predicted octanol–water partition coefficient (Wildman–Crippen LogP) is 4.44. The Balaban J connectivity index is 1.56. The first-order valence-corrected chi connectivity index (χ1v) is 11.8. The van der Waals surface area contributed by atoms with Crippen LogP contribution in [0.15, 0.2) is 83.8 Å². The molecule has 0 atom stereocenters. The molecule has 0 saturated heterocycles. The number of nitrogens with one attached hydrogen (secondary N) is 1. The zero-order chi connectivity index (χ0) is 25.8. The standard InChI is InChI=1S/C28H26FN5O3/c1-36-22-11-7-10-21(16-22)34-26-24(33(28(34)35)18-20-9-4-6-13-25(20)37-2)17-31-27(32-26)30-15-14-19-8-3-5-12-23(19)29/h3-13,16-17H,14-15,18H2,1-2H3,(H,30,31,32). The van der Waals surface area contributed by atoms with Gasteiger partial charge in [-0.2, -0.15) is 4.98 Å². The predicted molar refractivity (Wildman–Crippen MR) is 140 cm³/mol. The first-order valence-electron chi connectivity index (χ1n) is 11.8. The van der Waals surface area contributed by atoms with Crippen LogP contribution in [0.25, 0.3) is 16.9 Å². The maximum Gasteiger partial charge on any atom is 0.335 e. The molecule has 1 N–H and O–H groups in total.